The molecule has 1 amide bonds. The van der Waals surface area contributed by atoms with Crippen LogP contribution in [0, 0.1) is 0 Å². The van der Waals surface area contributed by atoms with Gasteiger partial charge in [-0.3, -0.25) is 4.79 Å². The molecule has 1 aromatic carbocycles. The summed E-state index contributed by atoms with van der Waals surface area (Å²) in [5.74, 6) is -0.384. The first-order valence-corrected chi connectivity index (χ1v) is 8.18. The highest BCUT2D eigenvalue weighted by Crippen LogP contribution is 2.20. The van der Waals surface area contributed by atoms with Gasteiger partial charge in [0.05, 0.1) is 15.7 Å². The van der Waals surface area contributed by atoms with Gasteiger partial charge in [0.15, 0.2) is 9.84 Å². The molecule has 1 unspecified atom stereocenters. The van der Waals surface area contributed by atoms with Crippen molar-refractivity contribution in [3.8, 4) is 0 Å². The largest absolute Gasteiger partial charge is 0.352 e. The summed E-state index contributed by atoms with van der Waals surface area (Å²) in [6.07, 6.45) is 0.644. The van der Waals surface area contributed by atoms with Gasteiger partial charge in [-0.2, -0.15) is 0 Å². The van der Waals surface area contributed by atoms with Crippen molar-refractivity contribution in [1.29, 1.82) is 0 Å². The highest BCUT2D eigenvalue weighted by Gasteiger charge is 2.24. The average molecular weight is 335 g/mol. The van der Waals surface area contributed by atoms with E-state index < -0.39 is 15.1 Å². The lowest BCUT2D eigenvalue weighted by Gasteiger charge is -2.13. The number of hydrogen-bond donors (Lipinski definition) is 2. The van der Waals surface area contributed by atoms with Gasteiger partial charge >= 0.3 is 0 Å². The fraction of sp³-hybridized carbons (Fsp3) is 0.500. The first-order chi connectivity index (χ1) is 9.26. The lowest BCUT2D eigenvalue weighted by Crippen LogP contribution is -2.30. The molecule has 120 valence electrons. The lowest BCUT2D eigenvalue weighted by atomic mass is 10.2. The van der Waals surface area contributed by atoms with Crippen LogP contribution in [0.2, 0.25) is 0 Å². The van der Waals surface area contributed by atoms with Gasteiger partial charge < -0.3 is 11.1 Å². The molecule has 1 aromatic rings. The van der Waals surface area contributed by atoms with E-state index in [9.17, 15) is 13.2 Å². The summed E-state index contributed by atoms with van der Waals surface area (Å²) in [7, 11) is -3.48. The first kappa shape index (κ1) is 19.9. The Morgan fingerprint density at radius 3 is 2.33 bits per heavy atom. The molecule has 0 radical (unpaired) electrons. The molecule has 0 bridgehead atoms. The molecule has 7 heteroatoms. The molecule has 0 aliphatic carbocycles. The second kappa shape index (κ2) is 8.36. The normalized spacial score (nSPS) is 12.6. The van der Waals surface area contributed by atoms with E-state index in [4.69, 9.17) is 5.73 Å². The number of rotatable bonds is 6. The molecular formula is C14H23ClN2O3S. The van der Waals surface area contributed by atoms with Gasteiger partial charge in [-0.15, -0.1) is 12.4 Å². The van der Waals surface area contributed by atoms with Gasteiger partial charge in [-0.05, 0) is 39.3 Å². The van der Waals surface area contributed by atoms with Crippen LogP contribution in [0.3, 0.4) is 0 Å². The Morgan fingerprint density at radius 1 is 1.24 bits per heavy atom. The Bertz CT molecular complexity index is 571. The zero-order chi connectivity index (χ0) is 15.3. The maximum Gasteiger partial charge on any atom is 0.252 e. The van der Waals surface area contributed by atoms with Gasteiger partial charge in [-0.25, -0.2) is 8.42 Å². The van der Waals surface area contributed by atoms with Crippen LogP contribution in [-0.2, 0) is 9.84 Å². The van der Waals surface area contributed by atoms with Crippen molar-refractivity contribution >= 4 is 28.2 Å². The SMILES string of the molecule is CC(N)CCNC(=O)c1ccccc1S(=O)(=O)C(C)C.Cl. The van der Waals surface area contributed by atoms with Crippen LogP contribution in [0.1, 0.15) is 37.6 Å². The lowest BCUT2D eigenvalue weighted by molar-refractivity contribution is 0.0949. The van der Waals surface area contributed by atoms with Gasteiger partial charge in [0.2, 0.25) is 0 Å². The number of nitrogens with one attached hydrogen (secondary N) is 1. The minimum absolute atomic E-state index is 0. The minimum atomic E-state index is -3.48. The number of carbonyl (C=O) groups is 1. The molecule has 0 saturated carbocycles. The van der Waals surface area contributed by atoms with Crippen LogP contribution >= 0.6 is 12.4 Å². The summed E-state index contributed by atoms with van der Waals surface area (Å²) in [6.45, 7) is 5.47. The van der Waals surface area contributed by atoms with E-state index in [-0.39, 0.29) is 34.8 Å². The summed E-state index contributed by atoms with van der Waals surface area (Å²) in [5.41, 5.74) is 5.80. The fourth-order valence-corrected chi connectivity index (χ4v) is 2.91. The Labute approximate surface area is 132 Å². The molecule has 0 aliphatic rings. The second-order valence-corrected chi connectivity index (χ2v) is 7.58. The highest BCUT2D eigenvalue weighted by atomic mass is 35.5. The van der Waals surface area contributed by atoms with Gasteiger partial charge in [0, 0.05) is 12.6 Å². The third kappa shape index (κ3) is 5.30. The number of sulfone groups is 1. The van der Waals surface area contributed by atoms with Gasteiger partial charge in [-0.1, -0.05) is 12.1 Å². The monoisotopic (exact) mass is 334 g/mol. The van der Waals surface area contributed by atoms with Crippen LogP contribution in [0.15, 0.2) is 29.2 Å². The molecule has 0 spiro atoms. The van der Waals surface area contributed by atoms with Crippen molar-refractivity contribution in [3.63, 3.8) is 0 Å². The highest BCUT2D eigenvalue weighted by molar-refractivity contribution is 7.92. The van der Waals surface area contributed by atoms with E-state index in [0.717, 1.165) is 0 Å². The van der Waals surface area contributed by atoms with E-state index in [1.54, 1.807) is 26.0 Å². The fourth-order valence-electron chi connectivity index (χ4n) is 1.66. The van der Waals surface area contributed by atoms with Gasteiger partial charge in [0.25, 0.3) is 5.91 Å². The first-order valence-electron chi connectivity index (χ1n) is 6.63. The molecular weight excluding hydrogens is 312 g/mol. The Kier molecular flexibility index (Phi) is 7.92. The summed E-state index contributed by atoms with van der Waals surface area (Å²) in [5, 5.41) is 2.13. The molecule has 0 heterocycles. The number of carbonyl (C=O) groups excluding carboxylic acids is 1. The van der Waals surface area contributed by atoms with Crippen molar-refractivity contribution in [2.24, 2.45) is 5.73 Å². The van der Waals surface area contributed by atoms with Crippen LogP contribution in [0.5, 0.6) is 0 Å². The Morgan fingerprint density at radius 2 is 1.81 bits per heavy atom. The molecule has 5 nitrogen and oxygen atoms in total. The number of benzene rings is 1. The molecule has 0 aromatic heterocycles. The third-order valence-corrected chi connectivity index (χ3v) is 5.15. The molecule has 3 N–H and O–H groups in total. The summed E-state index contributed by atoms with van der Waals surface area (Å²) in [4.78, 5) is 12.2. The van der Waals surface area contributed by atoms with Crippen LogP contribution in [0.4, 0.5) is 0 Å². The maximum atomic E-state index is 12.2. The molecule has 0 aliphatic heterocycles. The van der Waals surface area contributed by atoms with Crippen LogP contribution in [-0.4, -0.2) is 32.2 Å². The van der Waals surface area contributed by atoms with Crippen molar-refractivity contribution in [2.75, 3.05) is 6.54 Å². The van der Waals surface area contributed by atoms with E-state index in [0.29, 0.717) is 13.0 Å². The van der Waals surface area contributed by atoms with Crippen molar-refractivity contribution < 1.29 is 13.2 Å². The number of amides is 1. The van der Waals surface area contributed by atoms with E-state index >= 15 is 0 Å². The van der Waals surface area contributed by atoms with E-state index in [1.165, 1.54) is 12.1 Å². The zero-order valence-electron chi connectivity index (χ0n) is 12.5. The predicted octanol–water partition coefficient (Wildman–Crippen LogP) is 1.76. The van der Waals surface area contributed by atoms with Crippen molar-refractivity contribution in [1.82, 2.24) is 5.32 Å². The molecule has 21 heavy (non-hydrogen) atoms. The topological polar surface area (TPSA) is 89.3 Å². The van der Waals surface area contributed by atoms with Crippen molar-refractivity contribution in [2.45, 2.75) is 43.4 Å². The standard InChI is InChI=1S/C14H22N2O3S.ClH/c1-10(2)20(18,19)13-7-5-4-6-12(13)14(17)16-9-8-11(3)15;/h4-7,10-11H,8-9,15H2,1-3H3,(H,16,17);1H. The molecule has 1 rings (SSSR count). The predicted molar refractivity (Wildman–Crippen MR) is 86.6 cm³/mol. The van der Waals surface area contributed by atoms with Crippen LogP contribution in [0.25, 0.3) is 0 Å². The van der Waals surface area contributed by atoms with Crippen molar-refractivity contribution in [3.05, 3.63) is 29.8 Å². The molecule has 0 fully saturated rings. The second-order valence-electron chi connectivity index (χ2n) is 5.11. The Balaban J connectivity index is 0.00000400. The van der Waals surface area contributed by atoms with Gasteiger partial charge in [0.1, 0.15) is 0 Å². The smallest absolute Gasteiger partial charge is 0.252 e. The molecule has 1 atom stereocenters. The van der Waals surface area contributed by atoms with E-state index in [1.807, 2.05) is 6.92 Å². The van der Waals surface area contributed by atoms with Crippen LogP contribution < -0.4 is 11.1 Å². The minimum Gasteiger partial charge on any atom is -0.352 e. The number of nitrogens with two attached hydrogens (primary N) is 1. The van der Waals surface area contributed by atoms with E-state index in [2.05, 4.69) is 5.32 Å². The number of halogens is 1. The summed E-state index contributed by atoms with van der Waals surface area (Å²) < 4.78 is 24.5. The third-order valence-electron chi connectivity index (χ3n) is 2.94. The summed E-state index contributed by atoms with van der Waals surface area (Å²) in [6, 6.07) is 6.25. The maximum absolute atomic E-state index is 12.2. The summed E-state index contributed by atoms with van der Waals surface area (Å²) >= 11 is 0. The quantitative estimate of drug-likeness (QED) is 0.829. The molecule has 0 saturated heterocycles. The Hall–Kier alpha value is -1.11. The average Bonchev–Trinajstić information content (AvgIpc) is 2.38. The number of hydrogen-bond acceptors (Lipinski definition) is 4. The zero-order valence-corrected chi connectivity index (χ0v) is 14.1.